The zero-order chi connectivity index (χ0) is 17.3. The van der Waals surface area contributed by atoms with Crippen LogP contribution in [0.2, 0.25) is 0 Å². The Labute approximate surface area is 149 Å². The number of anilines is 1. The van der Waals surface area contributed by atoms with Gasteiger partial charge < -0.3 is 9.64 Å². The van der Waals surface area contributed by atoms with E-state index >= 15 is 0 Å². The Morgan fingerprint density at radius 1 is 1.16 bits per heavy atom. The van der Waals surface area contributed by atoms with Crippen molar-refractivity contribution >= 4 is 22.0 Å². The van der Waals surface area contributed by atoms with Gasteiger partial charge in [0.05, 0.1) is 36.5 Å². The summed E-state index contributed by atoms with van der Waals surface area (Å²) in [6.45, 7) is 2.31. The molecule has 3 aliphatic rings. The number of aliphatic imine (C=N–C) groups is 1. The molecule has 2 heterocycles. The van der Waals surface area contributed by atoms with Gasteiger partial charge in [-0.3, -0.25) is 9.71 Å². The van der Waals surface area contributed by atoms with Crippen LogP contribution in [-0.2, 0) is 10.0 Å². The first kappa shape index (κ1) is 16.7. The second-order valence-electron chi connectivity index (χ2n) is 7.04. The van der Waals surface area contributed by atoms with E-state index in [0.29, 0.717) is 18.0 Å². The Bertz CT molecular complexity index is 757. The Kier molecular flexibility index (Phi) is 4.58. The second-order valence-corrected chi connectivity index (χ2v) is 9.00. The fourth-order valence-electron chi connectivity index (χ4n) is 4.07. The van der Waals surface area contributed by atoms with Crippen molar-refractivity contribution in [3.8, 4) is 5.75 Å². The van der Waals surface area contributed by atoms with Crippen molar-refractivity contribution in [2.45, 2.75) is 49.8 Å². The van der Waals surface area contributed by atoms with Crippen LogP contribution in [0.15, 0.2) is 23.2 Å². The maximum Gasteiger partial charge on any atom is 0.235 e. The van der Waals surface area contributed by atoms with Gasteiger partial charge in [0.1, 0.15) is 5.75 Å². The van der Waals surface area contributed by atoms with Crippen molar-refractivity contribution in [1.82, 2.24) is 4.90 Å². The highest BCUT2D eigenvalue weighted by molar-refractivity contribution is 7.93. The molecule has 2 aliphatic heterocycles. The largest absolute Gasteiger partial charge is 0.491 e. The fourth-order valence-corrected chi connectivity index (χ4v) is 5.66. The van der Waals surface area contributed by atoms with E-state index in [4.69, 9.17) is 4.74 Å². The molecule has 1 aromatic carbocycles. The van der Waals surface area contributed by atoms with E-state index in [9.17, 15) is 8.42 Å². The molecule has 1 atom stereocenters. The zero-order valence-electron chi connectivity index (χ0n) is 14.4. The average molecular weight is 363 g/mol. The third-order valence-electron chi connectivity index (χ3n) is 5.40. The van der Waals surface area contributed by atoms with Gasteiger partial charge >= 0.3 is 0 Å². The van der Waals surface area contributed by atoms with Crippen molar-refractivity contribution in [1.29, 1.82) is 0 Å². The molecule has 1 saturated carbocycles. The summed E-state index contributed by atoms with van der Waals surface area (Å²) in [4.78, 5) is 6.53. The monoisotopic (exact) mass is 363 g/mol. The molecular weight excluding hydrogens is 338 g/mol. The molecule has 0 bridgehead atoms. The van der Waals surface area contributed by atoms with Crippen molar-refractivity contribution in [2.24, 2.45) is 4.99 Å². The van der Waals surface area contributed by atoms with E-state index in [2.05, 4.69) is 14.6 Å². The molecule has 0 saturated heterocycles. The second kappa shape index (κ2) is 6.86. The molecular formula is C18H25N3O3S. The number of nitrogens with one attached hydrogen (secondary N) is 1. The number of para-hydroxylation sites is 1. The maximum absolute atomic E-state index is 12.8. The molecule has 6 nitrogen and oxygen atoms in total. The van der Waals surface area contributed by atoms with E-state index in [-0.39, 0.29) is 11.3 Å². The minimum atomic E-state index is -3.38. The summed E-state index contributed by atoms with van der Waals surface area (Å²) in [5.74, 6) is 0.679. The van der Waals surface area contributed by atoms with Gasteiger partial charge in [-0.1, -0.05) is 31.4 Å². The molecule has 0 aromatic heterocycles. The molecule has 1 aromatic rings. The summed E-state index contributed by atoms with van der Waals surface area (Å²) in [5, 5.41) is -0.290. The van der Waals surface area contributed by atoms with Crippen LogP contribution in [0, 0.1) is 0 Å². The van der Waals surface area contributed by atoms with Gasteiger partial charge in [-0.05, 0) is 18.9 Å². The Morgan fingerprint density at radius 3 is 2.76 bits per heavy atom. The number of ether oxygens (including phenoxy) is 1. The Hall–Kier alpha value is -1.76. The highest BCUT2D eigenvalue weighted by Crippen LogP contribution is 2.41. The van der Waals surface area contributed by atoms with Crippen LogP contribution in [0.25, 0.3) is 0 Å². The van der Waals surface area contributed by atoms with E-state index in [1.807, 2.05) is 18.5 Å². The van der Waals surface area contributed by atoms with Crippen LogP contribution >= 0.6 is 0 Å². The van der Waals surface area contributed by atoms with E-state index in [0.717, 1.165) is 57.2 Å². The van der Waals surface area contributed by atoms with Crippen LogP contribution in [0.4, 0.5) is 5.69 Å². The molecule has 25 heavy (non-hydrogen) atoms. The molecule has 0 amide bonds. The molecule has 1 unspecified atom stereocenters. The topological polar surface area (TPSA) is 71.0 Å². The van der Waals surface area contributed by atoms with Crippen LogP contribution in [0.3, 0.4) is 0 Å². The van der Waals surface area contributed by atoms with Crippen LogP contribution in [-0.4, -0.2) is 44.6 Å². The summed E-state index contributed by atoms with van der Waals surface area (Å²) in [6.07, 6.45) is 7.40. The fraction of sp³-hybridized carbons (Fsp3) is 0.611. The lowest BCUT2D eigenvalue weighted by Crippen LogP contribution is -2.32. The molecule has 136 valence electrons. The highest BCUT2D eigenvalue weighted by atomic mass is 32.2. The highest BCUT2D eigenvalue weighted by Gasteiger charge is 2.32. The molecule has 4 rings (SSSR count). The first-order valence-corrected chi connectivity index (χ1v) is 10.7. The Morgan fingerprint density at radius 2 is 2.00 bits per heavy atom. The number of hydrogen-bond acceptors (Lipinski definition) is 5. The molecule has 7 heteroatoms. The third-order valence-corrected chi connectivity index (χ3v) is 7.26. The smallest absolute Gasteiger partial charge is 0.235 e. The van der Waals surface area contributed by atoms with Gasteiger partial charge in [-0.2, -0.15) is 0 Å². The molecule has 0 spiro atoms. The van der Waals surface area contributed by atoms with Crippen molar-refractivity contribution in [2.75, 3.05) is 24.4 Å². The van der Waals surface area contributed by atoms with Crippen LogP contribution in [0.5, 0.6) is 5.75 Å². The van der Waals surface area contributed by atoms with Gasteiger partial charge in [0.15, 0.2) is 0 Å². The Balaban J connectivity index is 1.61. The molecule has 1 fully saturated rings. The molecule has 0 radical (unpaired) electrons. The lowest BCUT2D eigenvalue weighted by molar-refractivity contribution is 0.211. The first-order chi connectivity index (χ1) is 12.1. The molecule has 1 aliphatic carbocycles. The van der Waals surface area contributed by atoms with Crippen LogP contribution in [0.1, 0.15) is 50.1 Å². The standard InChI is InChI=1S/C18H25N3O3S/c22-25(23,14-5-2-1-3-6-14)20-16-8-4-7-15-17(9-12-24-18(15)16)21-11-10-19-13-21/h4,7-8,13-14,17,20H,1-3,5-6,9-12H2. The zero-order valence-corrected chi connectivity index (χ0v) is 15.2. The normalized spacial score (nSPS) is 24.0. The molecule has 1 N–H and O–H groups in total. The van der Waals surface area contributed by atoms with Gasteiger partial charge in [-0.25, -0.2) is 8.42 Å². The third kappa shape index (κ3) is 3.34. The maximum atomic E-state index is 12.8. The summed E-state index contributed by atoms with van der Waals surface area (Å²) < 4.78 is 34.3. The van der Waals surface area contributed by atoms with E-state index < -0.39 is 10.0 Å². The quantitative estimate of drug-likeness (QED) is 0.893. The first-order valence-electron chi connectivity index (χ1n) is 9.18. The predicted octanol–water partition coefficient (Wildman–Crippen LogP) is 2.93. The van der Waals surface area contributed by atoms with E-state index in [1.54, 1.807) is 6.07 Å². The minimum Gasteiger partial charge on any atom is -0.491 e. The lowest BCUT2D eigenvalue weighted by Gasteiger charge is -2.33. The van der Waals surface area contributed by atoms with Crippen molar-refractivity contribution in [3.63, 3.8) is 0 Å². The van der Waals surface area contributed by atoms with Gasteiger partial charge in [-0.15, -0.1) is 0 Å². The number of fused-ring (bicyclic) bond motifs is 1. The number of hydrogen-bond donors (Lipinski definition) is 1. The van der Waals surface area contributed by atoms with Gasteiger partial charge in [0, 0.05) is 18.5 Å². The SMILES string of the molecule is O=S(=O)(Nc1cccc2c1OCCC2N1C=NCC1)C1CCCCC1. The summed E-state index contributed by atoms with van der Waals surface area (Å²) in [5.41, 5.74) is 1.62. The number of sulfonamides is 1. The number of rotatable bonds is 4. The van der Waals surface area contributed by atoms with E-state index in [1.165, 1.54) is 0 Å². The van der Waals surface area contributed by atoms with Gasteiger partial charge in [0.2, 0.25) is 10.0 Å². The van der Waals surface area contributed by atoms with Crippen molar-refractivity contribution in [3.05, 3.63) is 23.8 Å². The summed E-state index contributed by atoms with van der Waals surface area (Å²) >= 11 is 0. The summed E-state index contributed by atoms with van der Waals surface area (Å²) in [7, 11) is -3.38. The van der Waals surface area contributed by atoms with Crippen LogP contribution < -0.4 is 9.46 Å². The lowest BCUT2D eigenvalue weighted by atomic mass is 9.98. The predicted molar refractivity (Wildman–Crippen MR) is 98.8 cm³/mol. The number of benzene rings is 1. The van der Waals surface area contributed by atoms with Crippen molar-refractivity contribution < 1.29 is 13.2 Å². The van der Waals surface area contributed by atoms with Gasteiger partial charge in [0.25, 0.3) is 0 Å². The minimum absolute atomic E-state index is 0.203. The average Bonchev–Trinajstić information content (AvgIpc) is 3.16. The summed E-state index contributed by atoms with van der Waals surface area (Å²) in [6, 6.07) is 5.95. The number of nitrogens with zero attached hydrogens (tertiary/aromatic N) is 2.